The molecule has 0 aliphatic carbocycles. The van der Waals surface area contributed by atoms with Crippen molar-refractivity contribution in [3.05, 3.63) is 46.7 Å². The molecule has 0 bridgehead atoms. The zero-order valence-corrected chi connectivity index (χ0v) is 11.4. The van der Waals surface area contributed by atoms with E-state index in [0.717, 1.165) is 5.56 Å². The summed E-state index contributed by atoms with van der Waals surface area (Å²) in [6.07, 6.45) is 0.289. The number of ether oxygens (including phenoxy) is 1. The number of anilines is 1. The van der Waals surface area contributed by atoms with Gasteiger partial charge in [0.15, 0.2) is 0 Å². The Morgan fingerprint density at radius 3 is 2.75 bits per heavy atom. The van der Waals surface area contributed by atoms with Crippen LogP contribution in [0.15, 0.2) is 30.3 Å². The molecule has 0 saturated heterocycles. The van der Waals surface area contributed by atoms with Crippen molar-refractivity contribution in [2.24, 2.45) is 0 Å². The minimum Gasteiger partial charge on any atom is -0.497 e. The van der Waals surface area contributed by atoms with Crippen molar-refractivity contribution in [3.8, 4) is 16.9 Å². The van der Waals surface area contributed by atoms with Crippen LogP contribution in [-0.4, -0.2) is 13.0 Å². The van der Waals surface area contributed by atoms with Crippen LogP contribution in [0.3, 0.4) is 0 Å². The van der Waals surface area contributed by atoms with E-state index in [9.17, 15) is 9.18 Å². The zero-order chi connectivity index (χ0) is 14.3. The van der Waals surface area contributed by atoms with Gasteiger partial charge in [-0.25, -0.2) is 4.39 Å². The van der Waals surface area contributed by atoms with Gasteiger partial charge in [0.2, 0.25) is 5.91 Å². The number of fused-ring (bicyclic) bond motifs is 1. The molecule has 1 aliphatic heterocycles. The van der Waals surface area contributed by atoms with Gasteiger partial charge in [-0.2, -0.15) is 0 Å². The highest BCUT2D eigenvalue weighted by Crippen LogP contribution is 2.37. The van der Waals surface area contributed by atoms with E-state index in [1.165, 1.54) is 13.2 Å². The van der Waals surface area contributed by atoms with E-state index in [1.807, 2.05) is 0 Å². The monoisotopic (exact) mass is 291 g/mol. The summed E-state index contributed by atoms with van der Waals surface area (Å²) in [4.78, 5) is 11.4. The van der Waals surface area contributed by atoms with E-state index in [-0.39, 0.29) is 12.3 Å². The van der Waals surface area contributed by atoms with E-state index in [0.29, 0.717) is 27.6 Å². The Morgan fingerprint density at radius 1 is 1.25 bits per heavy atom. The number of halogens is 2. The van der Waals surface area contributed by atoms with Crippen LogP contribution >= 0.6 is 11.6 Å². The standard InChI is InChI=1S/C15H11ClFNO2/c1-20-9-2-3-10(13(17)6-9)11-4-8-5-15(19)18-14(8)7-12(11)16/h2-4,6-7H,5H2,1H3,(H,18,19). The number of nitrogens with one attached hydrogen (secondary N) is 1. The van der Waals surface area contributed by atoms with Crippen molar-refractivity contribution in [2.45, 2.75) is 6.42 Å². The average Bonchev–Trinajstić information content (AvgIpc) is 2.77. The van der Waals surface area contributed by atoms with Gasteiger partial charge in [-0.3, -0.25) is 4.79 Å². The summed E-state index contributed by atoms with van der Waals surface area (Å²) in [5, 5.41) is 3.11. The molecule has 20 heavy (non-hydrogen) atoms. The Balaban J connectivity index is 2.11. The molecule has 102 valence electrons. The van der Waals surface area contributed by atoms with Crippen molar-refractivity contribution in [1.82, 2.24) is 0 Å². The van der Waals surface area contributed by atoms with Crippen molar-refractivity contribution < 1.29 is 13.9 Å². The summed E-state index contributed by atoms with van der Waals surface area (Å²) < 4.78 is 19.1. The number of hydrogen-bond donors (Lipinski definition) is 1. The minimum atomic E-state index is -0.413. The summed E-state index contributed by atoms with van der Waals surface area (Å²) >= 11 is 6.19. The summed E-state index contributed by atoms with van der Waals surface area (Å²) in [5.74, 6) is -0.0488. The van der Waals surface area contributed by atoms with Gasteiger partial charge >= 0.3 is 0 Å². The van der Waals surface area contributed by atoms with Gasteiger partial charge in [-0.1, -0.05) is 11.6 Å². The fourth-order valence-electron chi connectivity index (χ4n) is 2.30. The van der Waals surface area contributed by atoms with Gasteiger partial charge in [-0.15, -0.1) is 0 Å². The van der Waals surface area contributed by atoms with Crippen molar-refractivity contribution >= 4 is 23.2 Å². The van der Waals surface area contributed by atoms with Gasteiger partial charge in [-0.05, 0) is 29.8 Å². The number of carbonyl (C=O) groups excluding carboxylic acids is 1. The number of benzene rings is 2. The fourth-order valence-corrected chi connectivity index (χ4v) is 2.56. The van der Waals surface area contributed by atoms with Gasteiger partial charge in [0.1, 0.15) is 11.6 Å². The summed E-state index contributed by atoms with van der Waals surface area (Å²) in [6.45, 7) is 0. The van der Waals surface area contributed by atoms with E-state index >= 15 is 0 Å². The first-order valence-electron chi connectivity index (χ1n) is 6.04. The van der Waals surface area contributed by atoms with Crippen molar-refractivity contribution in [2.75, 3.05) is 12.4 Å². The van der Waals surface area contributed by atoms with Gasteiger partial charge in [0.05, 0.1) is 18.6 Å². The Hall–Kier alpha value is -2.07. The second-order valence-electron chi connectivity index (χ2n) is 4.56. The van der Waals surface area contributed by atoms with Crippen LogP contribution in [0.5, 0.6) is 5.75 Å². The fraction of sp³-hybridized carbons (Fsp3) is 0.133. The topological polar surface area (TPSA) is 38.3 Å². The second-order valence-corrected chi connectivity index (χ2v) is 4.97. The van der Waals surface area contributed by atoms with E-state index in [4.69, 9.17) is 16.3 Å². The highest BCUT2D eigenvalue weighted by Gasteiger charge is 2.21. The van der Waals surface area contributed by atoms with Crippen LogP contribution in [0.25, 0.3) is 11.1 Å². The number of methoxy groups -OCH3 is 1. The molecule has 0 fully saturated rings. The lowest BCUT2D eigenvalue weighted by Crippen LogP contribution is -2.03. The quantitative estimate of drug-likeness (QED) is 0.917. The average molecular weight is 292 g/mol. The Bertz CT molecular complexity index is 715. The van der Waals surface area contributed by atoms with Gasteiger partial charge in [0.25, 0.3) is 0 Å². The van der Waals surface area contributed by atoms with Crippen LogP contribution in [0.1, 0.15) is 5.56 Å². The molecule has 0 radical (unpaired) electrons. The second kappa shape index (κ2) is 4.80. The highest BCUT2D eigenvalue weighted by molar-refractivity contribution is 6.34. The van der Waals surface area contributed by atoms with E-state index in [1.54, 1.807) is 24.3 Å². The maximum absolute atomic E-state index is 14.1. The van der Waals surface area contributed by atoms with Crippen molar-refractivity contribution in [3.63, 3.8) is 0 Å². The molecule has 1 aliphatic rings. The summed E-state index contributed by atoms with van der Waals surface area (Å²) in [7, 11) is 1.48. The third kappa shape index (κ3) is 2.12. The first-order valence-corrected chi connectivity index (χ1v) is 6.42. The molecule has 3 rings (SSSR count). The molecule has 0 aromatic heterocycles. The molecule has 0 saturated carbocycles. The molecule has 1 heterocycles. The molecule has 5 heteroatoms. The van der Waals surface area contributed by atoms with E-state index in [2.05, 4.69) is 5.32 Å². The molecule has 3 nitrogen and oxygen atoms in total. The predicted octanol–water partition coefficient (Wildman–Crippen LogP) is 3.65. The SMILES string of the molecule is COc1ccc(-c2cc3c(cc2Cl)NC(=O)C3)c(F)c1. The molecule has 2 aromatic carbocycles. The third-order valence-corrected chi connectivity index (χ3v) is 3.60. The normalized spacial score (nSPS) is 13.1. The first-order chi connectivity index (χ1) is 9.58. The smallest absolute Gasteiger partial charge is 0.228 e. The molecule has 1 N–H and O–H groups in total. The number of carbonyl (C=O) groups is 1. The number of amides is 1. The molecule has 2 aromatic rings. The lowest BCUT2D eigenvalue weighted by molar-refractivity contribution is -0.115. The predicted molar refractivity (Wildman–Crippen MR) is 75.7 cm³/mol. The van der Waals surface area contributed by atoms with Gasteiger partial charge in [0, 0.05) is 22.9 Å². The maximum Gasteiger partial charge on any atom is 0.228 e. The summed E-state index contributed by atoms with van der Waals surface area (Å²) in [6, 6.07) is 8.00. The molecule has 0 unspecified atom stereocenters. The molecule has 1 amide bonds. The molecular weight excluding hydrogens is 281 g/mol. The van der Waals surface area contributed by atoms with Crippen LogP contribution in [-0.2, 0) is 11.2 Å². The highest BCUT2D eigenvalue weighted by atomic mass is 35.5. The Kier molecular flexibility index (Phi) is 3.10. The lowest BCUT2D eigenvalue weighted by atomic mass is 10.0. The maximum atomic E-state index is 14.1. The Morgan fingerprint density at radius 2 is 2.05 bits per heavy atom. The van der Waals surface area contributed by atoms with E-state index < -0.39 is 5.82 Å². The first kappa shape index (κ1) is 12.9. The zero-order valence-electron chi connectivity index (χ0n) is 10.7. The molecule has 0 spiro atoms. The lowest BCUT2D eigenvalue weighted by Gasteiger charge is -2.10. The third-order valence-electron chi connectivity index (χ3n) is 3.28. The molecule has 0 atom stereocenters. The van der Waals surface area contributed by atoms with Crippen LogP contribution < -0.4 is 10.1 Å². The van der Waals surface area contributed by atoms with Crippen LogP contribution in [0, 0.1) is 5.82 Å². The van der Waals surface area contributed by atoms with Crippen LogP contribution in [0.2, 0.25) is 5.02 Å². The number of hydrogen-bond acceptors (Lipinski definition) is 2. The summed E-state index contributed by atoms with van der Waals surface area (Å²) in [5.41, 5.74) is 2.47. The van der Waals surface area contributed by atoms with Gasteiger partial charge < -0.3 is 10.1 Å². The Labute approximate surface area is 120 Å². The largest absolute Gasteiger partial charge is 0.497 e. The number of rotatable bonds is 2. The molecular formula is C15H11ClFNO2. The van der Waals surface area contributed by atoms with Crippen molar-refractivity contribution in [1.29, 1.82) is 0 Å². The minimum absolute atomic E-state index is 0.0802. The van der Waals surface area contributed by atoms with Crippen LogP contribution in [0.4, 0.5) is 10.1 Å².